The number of benzene rings is 1. The summed E-state index contributed by atoms with van der Waals surface area (Å²) >= 11 is 0. The minimum Gasteiger partial charge on any atom is -0.340 e. The van der Waals surface area contributed by atoms with Crippen molar-refractivity contribution in [3.05, 3.63) is 39.4 Å². The van der Waals surface area contributed by atoms with E-state index in [0.717, 1.165) is 19.4 Å². The Balaban J connectivity index is 2.24. The average Bonchev–Trinajstić information content (AvgIpc) is 2.93. The lowest BCUT2D eigenvalue weighted by Crippen LogP contribution is -2.38. The summed E-state index contributed by atoms with van der Waals surface area (Å²) in [4.78, 5) is 23.5. The molecular formula is C13H15F2N3O3. The van der Waals surface area contributed by atoms with Gasteiger partial charge in [0.05, 0.1) is 11.0 Å². The second-order valence-electron chi connectivity index (χ2n) is 5.02. The molecule has 21 heavy (non-hydrogen) atoms. The highest BCUT2D eigenvalue weighted by Crippen LogP contribution is 2.23. The minimum absolute atomic E-state index is 0.114. The smallest absolute Gasteiger partial charge is 0.285 e. The van der Waals surface area contributed by atoms with E-state index in [4.69, 9.17) is 0 Å². The molecule has 0 aliphatic carbocycles. The first-order chi connectivity index (χ1) is 9.90. The third kappa shape index (κ3) is 3.33. The Morgan fingerprint density at radius 3 is 2.71 bits per heavy atom. The van der Waals surface area contributed by atoms with Crippen molar-refractivity contribution in [2.75, 3.05) is 20.1 Å². The highest BCUT2D eigenvalue weighted by Gasteiger charge is 2.27. The number of amides is 1. The van der Waals surface area contributed by atoms with Crippen LogP contribution in [0.15, 0.2) is 12.1 Å². The Morgan fingerprint density at radius 2 is 2.14 bits per heavy atom. The first-order valence-electron chi connectivity index (χ1n) is 6.52. The molecule has 1 aliphatic heterocycles. The second-order valence-corrected chi connectivity index (χ2v) is 5.02. The first kappa shape index (κ1) is 15.3. The van der Waals surface area contributed by atoms with Crippen LogP contribution in [0, 0.1) is 21.7 Å². The zero-order valence-electron chi connectivity index (χ0n) is 11.4. The van der Waals surface area contributed by atoms with Crippen LogP contribution in [0.3, 0.4) is 0 Å². The summed E-state index contributed by atoms with van der Waals surface area (Å²) < 4.78 is 26.4. The van der Waals surface area contributed by atoms with Gasteiger partial charge in [0.1, 0.15) is 5.56 Å². The number of carbonyl (C=O) groups is 1. The molecule has 1 aliphatic rings. The molecule has 1 unspecified atom stereocenters. The van der Waals surface area contributed by atoms with Gasteiger partial charge in [-0.3, -0.25) is 14.9 Å². The minimum atomic E-state index is -1.35. The largest absolute Gasteiger partial charge is 0.340 e. The Hall–Kier alpha value is -2.09. The molecule has 0 spiro atoms. The van der Waals surface area contributed by atoms with Crippen LogP contribution in [0.1, 0.15) is 23.2 Å². The van der Waals surface area contributed by atoms with E-state index in [1.807, 2.05) is 0 Å². The normalized spacial score (nSPS) is 17.8. The van der Waals surface area contributed by atoms with Crippen LogP contribution in [0.5, 0.6) is 0 Å². The molecule has 1 saturated heterocycles. The summed E-state index contributed by atoms with van der Waals surface area (Å²) in [5.41, 5.74) is -1.18. The molecule has 2 rings (SSSR count). The molecule has 1 aromatic carbocycles. The number of rotatable bonds is 4. The van der Waals surface area contributed by atoms with E-state index in [9.17, 15) is 23.7 Å². The Bertz CT molecular complexity index is 574. The van der Waals surface area contributed by atoms with Crippen LogP contribution >= 0.6 is 0 Å². The summed E-state index contributed by atoms with van der Waals surface area (Å²) in [7, 11) is 1.48. The molecule has 6 nitrogen and oxygen atoms in total. The number of carbonyl (C=O) groups excluding carboxylic acids is 1. The van der Waals surface area contributed by atoms with E-state index in [0.29, 0.717) is 18.7 Å². The number of halogens is 2. The monoisotopic (exact) mass is 299 g/mol. The van der Waals surface area contributed by atoms with Crippen molar-refractivity contribution >= 4 is 11.6 Å². The molecule has 1 N–H and O–H groups in total. The molecular weight excluding hydrogens is 284 g/mol. The molecule has 1 aromatic rings. The summed E-state index contributed by atoms with van der Waals surface area (Å²) in [6.07, 6.45) is 1.90. The third-order valence-electron chi connectivity index (χ3n) is 3.47. The van der Waals surface area contributed by atoms with Crippen LogP contribution in [-0.4, -0.2) is 41.9 Å². The van der Waals surface area contributed by atoms with Crippen molar-refractivity contribution in [3.8, 4) is 0 Å². The van der Waals surface area contributed by atoms with E-state index in [1.165, 1.54) is 11.9 Å². The lowest BCUT2D eigenvalue weighted by Gasteiger charge is -2.21. The van der Waals surface area contributed by atoms with Gasteiger partial charge in [-0.05, 0) is 25.5 Å². The van der Waals surface area contributed by atoms with Crippen molar-refractivity contribution in [3.63, 3.8) is 0 Å². The van der Waals surface area contributed by atoms with Gasteiger partial charge in [0.2, 0.25) is 0 Å². The zero-order chi connectivity index (χ0) is 15.6. The van der Waals surface area contributed by atoms with Crippen LogP contribution in [0.25, 0.3) is 0 Å². The SMILES string of the molecule is CN(CC1CCCN1)C(=O)c1cc(F)c(F)cc1[N+](=O)[O-]. The maximum atomic E-state index is 13.3. The van der Waals surface area contributed by atoms with Gasteiger partial charge in [-0.25, -0.2) is 8.78 Å². The number of nitrogens with one attached hydrogen (secondary N) is 1. The van der Waals surface area contributed by atoms with Gasteiger partial charge in [-0.1, -0.05) is 0 Å². The van der Waals surface area contributed by atoms with Crippen molar-refractivity contribution in [1.29, 1.82) is 0 Å². The van der Waals surface area contributed by atoms with E-state index in [-0.39, 0.29) is 6.04 Å². The lowest BCUT2D eigenvalue weighted by atomic mass is 10.1. The van der Waals surface area contributed by atoms with Crippen molar-refractivity contribution < 1.29 is 18.5 Å². The Labute approximate surface area is 119 Å². The van der Waals surface area contributed by atoms with E-state index >= 15 is 0 Å². The standard InChI is InChI=1S/C13H15F2N3O3/c1-17(7-8-3-2-4-16-8)13(19)9-5-10(14)11(15)6-12(9)18(20)21/h5-6,8,16H,2-4,7H2,1H3. The van der Waals surface area contributed by atoms with Crippen molar-refractivity contribution in [1.82, 2.24) is 10.2 Å². The maximum absolute atomic E-state index is 13.3. The summed E-state index contributed by atoms with van der Waals surface area (Å²) in [5, 5.41) is 14.1. The number of hydrogen-bond acceptors (Lipinski definition) is 4. The number of likely N-dealkylation sites (N-methyl/N-ethyl adjacent to an activating group) is 1. The lowest BCUT2D eigenvalue weighted by molar-refractivity contribution is -0.385. The number of hydrogen-bond donors (Lipinski definition) is 1. The van der Waals surface area contributed by atoms with Crippen molar-refractivity contribution in [2.45, 2.75) is 18.9 Å². The molecule has 0 aromatic heterocycles. The van der Waals surface area contributed by atoms with Crippen LogP contribution < -0.4 is 5.32 Å². The quantitative estimate of drug-likeness (QED) is 0.678. The molecule has 1 heterocycles. The summed E-state index contributed by atoms with van der Waals surface area (Å²) in [5.74, 6) is -3.33. The highest BCUT2D eigenvalue weighted by molar-refractivity contribution is 5.98. The van der Waals surface area contributed by atoms with Crippen molar-refractivity contribution in [2.24, 2.45) is 0 Å². The summed E-state index contributed by atoms with van der Waals surface area (Å²) in [6, 6.07) is 1.13. The molecule has 1 amide bonds. The van der Waals surface area contributed by atoms with Gasteiger partial charge in [0.15, 0.2) is 11.6 Å². The fourth-order valence-electron chi connectivity index (χ4n) is 2.39. The van der Waals surface area contributed by atoms with Gasteiger partial charge in [-0.2, -0.15) is 0 Å². The van der Waals surface area contributed by atoms with Gasteiger partial charge in [0, 0.05) is 19.6 Å². The molecule has 8 heteroatoms. The average molecular weight is 299 g/mol. The van der Waals surface area contributed by atoms with Gasteiger partial charge in [0.25, 0.3) is 11.6 Å². The number of nitrogens with zero attached hydrogens (tertiary/aromatic N) is 2. The van der Waals surface area contributed by atoms with E-state index < -0.39 is 33.7 Å². The van der Waals surface area contributed by atoms with E-state index in [2.05, 4.69) is 5.32 Å². The molecule has 1 atom stereocenters. The Kier molecular flexibility index (Phi) is 4.46. The maximum Gasteiger partial charge on any atom is 0.285 e. The zero-order valence-corrected chi connectivity index (χ0v) is 11.4. The van der Waals surface area contributed by atoms with E-state index in [1.54, 1.807) is 0 Å². The number of nitro groups is 1. The fourth-order valence-corrected chi connectivity index (χ4v) is 2.39. The van der Waals surface area contributed by atoms with Crippen LogP contribution in [-0.2, 0) is 0 Å². The number of nitro benzene ring substituents is 1. The highest BCUT2D eigenvalue weighted by atomic mass is 19.2. The van der Waals surface area contributed by atoms with Gasteiger partial charge in [-0.15, -0.1) is 0 Å². The molecule has 114 valence electrons. The first-order valence-corrected chi connectivity index (χ1v) is 6.52. The topological polar surface area (TPSA) is 75.5 Å². The second kappa shape index (κ2) is 6.13. The summed E-state index contributed by atoms with van der Waals surface area (Å²) in [6.45, 7) is 1.22. The predicted octanol–water partition coefficient (Wildman–Crippen LogP) is 1.70. The predicted molar refractivity (Wildman–Crippen MR) is 71.0 cm³/mol. The third-order valence-corrected chi connectivity index (χ3v) is 3.47. The molecule has 0 radical (unpaired) electrons. The fraction of sp³-hybridized carbons (Fsp3) is 0.462. The van der Waals surface area contributed by atoms with Crippen LogP contribution in [0.4, 0.5) is 14.5 Å². The van der Waals surface area contributed by atoms with Gasteiger partial charge >= 0.3 is 0 Å². The molecule has 0 saturated carbocycles. The molecule has 0 bridgehead atoms. The van der Waals surface area contributed by atoms with Crippen LogP contribution in [0.2, 0.25) is 0 Å². The molecule has 1 fully saturated rings. The van der Waals surface area contributed by atoms with Gasteiger partial charge < -0.3 is 10.2 Å². The Morgan fingerprint density at radius 1 is 1.48 bits per heavy atom.